The molecule has 0 saturated carbocycles. The molecule has 0 radical (unpaired) electrons. The molecule has 1 unspecified atom stereocenters. The van der Waals surface area contributed by atoms with E-state index in [1.165, 1.54) is 0 Å². The Morgan fingerprint density at radius 3 is 2.75 bits per heavy atom. The van der Waals surface area contributed by atoms with Crippen LogP contribution in [0.1, 0.15) is 22.3 Å². The molecule has 3 aromatic rings. The molecule has 0 spiro atoms. The third kappa shape index (κ3) is 2.67. The molecule has 0 aliphatic rings. The molecule has 102 valence electrons. The predicted octanol–water partition coefficient (Wildman–Crippen LogP) is 2.14. The highest BCUT2D eigenvalue weighted by atomic mass is 32.1. The number of hydrogen-bond donors (Lipinski definition) is 2. The number of fused-ring (bicyclic) bond motifs is 1. The fourth-order valence-corrected chi connectivity index (χ4v) is 2.81. The van der Waals surface area contributed by atoms with Crippen molar-refractivity contribution in [1.29, 1.82) is 0 Å². The van der Waals surface area contributed by atoms with Crippen molar-refractivity contribution in [3.05, 3.63) is 52.2 Å². The molecule has 0 aliphatic heterocycles. The van der Waals surface area contributed by atoms with Gasteiger partial charge in [-0.25, -0.2) is 4.98 Å². The van der Waals surface area contributed by atoms with Crippen LogP contribution >= 0.6 is 11.3 Å². The number of benzene rings is 1. The van der Waals surface area contributed by atoms with E-state index in [0.29, 0.717) is 0 Å². The van der Waals surface area contributed by atoms with Crippen molar-refractivity contribution < 1.29 is 0 Å². The van der Waals surface area contributed by atoms with E-state index in [0.717, 1.165) is 33.7 Å². The van der Waals surface area contributed by atoms with Crippen molar-refractivity contribution in [2.75, 3.05) is 0 Å². The van der Waals surface area contributed by atoms with Crippen molar-refractivity contribution in [3.63, 3.8) is 0 Å². The summed E-state index contributed by atoms with van der Waals surface area (Å²) in [7, 11) is 0. The summed E-state index contributed by atoms with van der Waals surface area (Å²) in [6.45, 7) is 2.00. The van der Waals surface area contributed by atoms with Crippen molar-refractivity contribution in [3.8, 4) is 0 Å². The largest absolute Gasteiger partial charge is 0.271 e. The second-order valence-electron chi connectivity index (χ2n) is 4.59. The topological polar surface area (TPSA) is 76.7 Å². The Bertz CT molecular complexity index is 724. The van der Waals surface area contributed by atoms with Crippen molar-refractivity contribution in [2.45, 2.75) is 19.4 Å². The Morgan fingerprint density at radius 2 is 2.05 bits per heavy atom. The number of thiazole rings is 1. The van der Waals surface area contributed by atoms with Gasteiger partial charge in [0.1, 0.15) is 0 Å². The standard InChI is InChI=1S/C14H15N5S/c1-9-18-11(8-20-9)7-13(19-15)10-2-3-12-14(6-10)17-5-4-16-12/h2-6,8,13,19H,7,15H2,1H3. The molecular weight excluding hydrogens is 270 g/mol. The lowest BCUT2D eigenvalue weighted by atomic mass is 10.0. The van der Waals surface area contributed by atoms with E-state index < -0.39 is 0 Å². The first-order valence-electron chi connectivity index (χ1n) is 6.34. The van der Waals surface area contributed by atoms with Gasteiger partial charge < -0.3 is 0 Å². The van der Waals surface area contributed by atoms with E-state index in [1.54, 1.807) is 23.7 Å². The van der Waals surface area contributed by atoms with E-state index in [9.17, 15) is 0 Å². The summed E-state index contributed by atoms with van der Waals surface area (Å²) in [6.07, 6.45) is 4.14. The third-order valence-electron chi connectivity index (χ3n) is 3.18. The maximum atomic E-state index is 5.69. The van der Waals surface area contributed by atoms with E-state index in [-0.39, 0.29) is 6.04 Å². The van der Waals surface area contributed by atoms with Crippen LogP contribution in [-0.4, -0.2) is 15.0 Å². The lowest BCUT2D eigenvalue weighted by molar-refractivity contribution is 0.547. The van der Waals surface area contributed by atoms with Gasteiger partial charge in [-0.3, -0.25) is 21.2 Å². The van der Waals surface area contributed by atoms with Gasteiger partial charge in [0.15, 0.2) is 0 Å². The van der Waals surface area contributed by atoms with Crippen molar-refractivity contribution in [1.82, 2.24) is 20.4 Å². The quantitative estimate of drug-likeness (QED) is 0.567. The maximum absolute atomic E-state index is 5.69. The van der Waals surface area contributed by atoms with Crippen LogP contribution in [0, 0.1) is 6.92 Å². The Hall–Kier alpha value is -1.89. The van der Waals surface area contributed by atoms with Crippen LogP contribution in [0.2, 0.25) is 0 Å². The summed E-state index contributed by atoms with van der Waals surface area (Å²) in [4.78, 5) is 13.1. The van der Waals surface area contributed by atoms with Gasteiger partial charge in [-0.2, -0.15) is 0 Å². The monoisotopic (exact) mass is 285 g/mol. The molecule has 20 heavy (non-hydrogen) atoms. The van der Waals surface area contributed by atoms with Gasteiger partial charge >= 0.3 is 0 Å². The average molecular weight is 285 g/mol. The Kier molecular flexibility index (Phi) is 3.68. The van der Waals surface area contributed by atoms with E-state index >= 15 is 0 Å². The first kappa shape index (κ1) is 13.1. The lowest BCUT2D eigenvalue weighted by Gasteiger charge is -2.15. The second kappa shape index (κ2) is 5.62. The summed E-state index contributed by atoms with van der Waals surface area (Å²) in [6, 6.07) is 6.03. The number of rotatable bonds is 4. The molecular formula is C14H15N5S. The fourth-order valence-electron chi connectivity index (χ4n) is 2.18. The van der Waals surface area contributed by atoms with Crippen LogP contribution in [-0.2, 0) is 6.42 Å². The number of hydrogen-bond acceptors (Lipinski definition) is 6. The molecule has 3 rings (SSSR count). The minimum Gasteiger partial charge on any atom is -0.271 e. The van der Waals surface area contributed by atoms with E-state index in [4.69, 9.17) is 5.84 Å². The number of hydrazine groups is 1. The SMILES string of the molecule is Cc1nc(CC(NN)c2ccc3nccnc3c2)cs1. The Morgan fingerprint density at radius 1 is 1.25 bits per heavy atom. The normalized spacial score (nSPS) is 12.7. The molecule has 2 aromatic heterocycles. The molecule has 0 fully saturated rings. The number of aromatic nitrogens is 3. The highest BCUT2D eigenvalue weighted by Gasteiger charge is 2.13. The maximum Gasteiger partial charge on any atom is 0.0897 e. The van der Waals surface area contributed by atoms with Crippen LogP contribution in [0.15, 0.2) is 36.0 Å². The van der Waals surface area contributed by atoms with E-state index in [2.05, 4.69) is 25.8 Å². The molecule has 0 amide bonds. The zero-order valence-electron chi connectivity index (χ0n) is 11.1. The van der Waals surface area contributed by atoms with Crippen LogP contribution in [0.3, 0.4) is 0 Å². The molecule has 0 saturated heterocycles. The predicted molar refractivity (Wildman–Crippen MR) is 80.2 cm³/mol. The van der Waals surface area contributed by atoms with Gasteiger partial charge in [0.05, 0.1) is 27.8 Å². The van der Waals surface area contributed by atoms with Crippen LogP contribution in [0.5, 0.6) is 0 Å². The number of nitrogens with zero attached hydrogens (tertiary/aromatic N) is 3. The Balaban J connectivity index is 1.90. The van der Waals surface area contributed by atoms with Gasteiger partial charge in [0, 0.05) is 24.2 Å². The molecule has 0 bridgehead atoms. The summed E-state index contributed by atoms with van der Waals surface area (Å²) in [5, 5.41) is 3.14. The number of nitrogens with two attached hydrogens (primary N) is 1. The lowest BCUT2D eigenvalue weighted by Crippen LogP contribution is -2.29. The number of aryl methyl sites for hydroxylation is 1. The molecule has 6 heteroatoms. The van der Waals surface area contributed by atoms with Gasteiger partial charge in [-0.1, -0.05) is 6.07 Å². The van der Waals surface area contributed by atoms with E-state index in [1.807, 2.05) is 25.1 Å². The summed E-state index contributed by atoms with van der Waals surface area (Å²) in [5.74, 6) is 5.69. The van der Waals surface area contributed by atoms with Gasteiger partial charge in [-0.15, -0.1) is 11.3 Å². The van der Waals surface area contributed by atoms with Gasteiger partial charge in [0.25, 0.3) is 0 Å². The minimum absolute atomic E-state index is 0.0166. The van der Waals surface area contributed by atoms with Crippen molar-refractivity contribution >= 4 is 22.4 Å². The first-order valence-corrected chi connectivity index (χ1v) is 7.22. The third-order valence-corrected chi connectivity index (χ3v) is 4.00. The number of nitrogens with one attached hydrogen (secondary N) is 1. The zero-order valence-corrected chi connectivity index (χ0v) is 11.9. The second-order valence-corrected chi connectivity index (χ2v) is 5.65. The summed E-state index contributed by atoms with van der Waals surface area (Å²) >= 11 is 1.65. The molecule has 1 aromatic carbocycles. The molecule has 2 heterocycles. The highest BCUT2D eigenvalue weighted by molar-refractivity contribution is 7.09. The Labute approximate surface area is 120 Å². The molecule has 0 aliphatic carbocycles. The van der Waals surface area contributed by atoms with Crippen LogP contribution in [0.4, 0.5) is 0 Å². The molecule has 3 N–H and O–H groups in total. The molecule has 1 atom stereocenters. The van der Waals surface area contributed by atoms with Gasteiger partial charge in [-0.05, 0) is 24.6 Å². The smallest absolute Gasteiger partial charge is 0.0897 e. The van der Waals surface area contributed by atoms with Gasteiger partial charge in [0.2, 0.25) is 0 Å². The zero-order chi connectivity index (χ0) is 13.9. The van der Waals surface area contributed by atoms with Crippen LogP contribution < -0.4 is 11.3 Å². The molecule has 5 nitrogen and oxygen atoms in total. The van der Waals surface area contributed by atoms with Crippen LogP contribution in [0.25, 0.3) is 11.0 Å². The first-order chi connectivity index (χ1) is 9.76. The summed E-state index contributed by atoms with van der Waals surface area (Å²) in [5.41, 5.74) is 6.76. The minimum atomic E-state index is 0.0166. The fraction of sp³-hybridized carbons (Fsp3) is 0.214. The highest BCUT2D eigenvalue weighted by Crippen LogP contribution is 2.21. The van der Waals surface area contributed by atoms with Crippen molar-refractivity contribution in [2.24, 2.45) is 5.84 Å². The average Bonchev–Trinajstić information content (AvgIpc) is 2.89. The summed E-state index contributed by atoms with van der Waals surface area (Å²) < 4.78 is 0.